The van der Waals surface area contributed by atoms with E-state index >= 15 is 0 Å². The van der Waals surface area contributed by atoms with E-state index in [2.05, 4.69) is 56.3 Å². The maximum Gasteiger partial charge on any atom is 0.0947 e. The Morgan fingerprint density at radius 1 is 1.26 bits per heavy atom. The molecule has 0 aliphatic heterocycles. The largest absolute Gasteiger partial charge is 0.324 e. The summed E-state index contributed by atoms with van der Waals surface area (Å²) in [4.78, 5) is 4.66. The van der Waals surface area contributed by atoms with Crippen LogP contribution in [0.15, 0.2) is 23.6 Å². The summed E-state index contributed by atoms with van der Waals surface area (Å²) in [5, 5.41) is 3.28. The Hall–Kier alpha value is -1.19. The van der Waals surface area contributed by atoms with Crippen molar-refractivity contribution in [3.8, 4) is 0 Å². The lowest BCUT2D eigenvalue weighted by Gasteiger charge is -2.14. The Labute approximate surface area is 119 Å². The second kappa shape index (κ2) is 5.85. The van der Waals surface area contributed by atoms with Crippen molar-refractivity contribution in [3.05, 3.63) is 51.0 Å². The van der Waals surface area contributed by atoms with E-state index in [9.17, 15) is 0 Å². The SMILES string of the molecule is Cc1ccc(C(N)Cc2nc(C(C)C)cs2)c(C)c1. The van der Waals surface area contributed by atoms with Crippen LogP contribution in [-0.4, -0.2) is 4.98 Å². The predicted octanol–water partition coefficient (Wildman–Crippen LogP) is 4.13. The molecule has 0 saturated carbocycles. The molecule has 0 spiro atoms. The third-order valence-corrected chi connectivity index (χ3v) is 4.27. The Balaban J connectivity index is 2.13. The molecule has 1 atom stereocenters. The number of thiazole rings is 1. The Kier molecular flexibility index (Phi) is 4.38. The minimum Gasteiger partial charge on any atom is -0.324 e. The summed E-state index contributed by atoms with van der Waals surface area (Å²) < 4.78 is 0. The first-order valence-electron chi connectivity index (χ1n) is 6.74. The van der Waals surface area contributed by atoms with Gasteiger partial charge in [-0.1, -0.05) is 37.6 Å². The van der Waals surface area contributed by atoms with Crippen molar-refractivity contribution in [1.29, 1.82) is 0 Å². The molecule has 0 aliphatic carbocycles. The molecule has 0 amide bonds. The summed E-state index contributed by atoms with van der Waals surface area (Å²) in [6, 6.07) is 6.50. The standard InChI is InChI=1S/C16H22N2S/c1-10(2)15-9-19-16(18-15)8-14(17)13-6-5-11(3)7-12(13)4/h5-7,9-10,14H,8,17H2,1-4H3. The third-order valence-electron chi connectivity index (χ3n) is 3.38. The fraction of sp³-hybridized carbons (Fsp3) is 0.438. The molecule has 3 heteroatoms. The molecule has 1 unspecified atom stereocenters. The number of rotatable bonds is 4. The van der Waals surface area contributed by atoms with Gasteiger partial charge in [0, 0.05) is 17.8 Å². The maximum absolute atomic E-state index is 6.33. The zero-order valence-electron chi connectivity index (χ0n) is 12.1. The normalized spacial score (nSPS) is 12.9. The zero-order chi connectivity index (χ0) is 14.0. The fourth-order valence-corrected chi connectivity index (χ4v) is 3.24. The van der Waals surface area contributed by atoms with E-state index in [0.29, 0.717) is 5.92 Å². The number of nitrogens with zero attached hydrogens (tertiary/aromatic N) is 1. The molecule has 0 radical (unpaired) electrons. The van der Waals surface area contributed by atoms with Crippen LogP contribution in [0, 0.1) is 13.8 Å². The third kappa shape index (κ3) is 3.43. The summed E-state index contributed by atoms with van der Waals surface area (Å²) in [6.07, 6.45) is 0.821. The number of hydrogen-bond acceptors (Lipinski definition) is 3. The molecular weight excluding hydrogens is 252 g/mol. The average Bonchev–Trinajstić information content (AvgIpc) is 2.77. The molecule has 1 heterocycles. The van der Waals surface area contributed by atoms with Gasteiger partial charge in [0.25, 0.3) is 0 Å². The first-order chi connectivity index (χ1) is 8.97. The molecule has 19 heavy (non-hydrogen) atoms. The summed E-state index contributed by atoms with van der Waals surface area (Å²) in [6.45, 7) is 8.58. The van der Waals surface area contributed by atoms with Crippen LogP contribution in [0.1, 0.15) is 53.2 Å². The fourth-order valence-electron chi connectivity index (χ4n) is 2.22. The number of hydrogen-bond donors (Lipinski definition) is 1. The van der Waals surface area contributed by atoms with Gasteiger partial charge in [0.15, 0.2) is 0 Å². The predicted molar refractivity (Wildman–Crippen MR) is 82.8 cm³/mol. The molecule has 2 rings (SSSR count). The van der Waals surface area contributed by atoms with Gasteiger partial charge >= 0.3 is 0 Å². The van der Waals surface area contributed by atoms with Gasteiger partial charge in [0.2, 0.25) is 0 Å². The smallest absolute Gasteiger partial charge is 0.0947 e. The summed E-state index contributed by atoms with van der Waals surface area (Å²) in [5.41, 5.74) is 11.3. The Morgan fingerprint density at radius 3 is 2.58 bits per heavy atom. The molecule has 2 N–H and O–H groups in total. The summed E-state index contributed by atoms with van der Waals surface area (Å²) >= 11 is 1.72. The second-order valence-electron chi connectivity index (χ2n) is 5.49. The lowest BCUT2D eigenvalue weighted by atomic mass is 9.98. The van der Waals surface area contributed by atoms with E-state index in [4.69, 9.17) is 5.73 Å². The van der Waals surface area contributed by atoms with Gasteiger partial charge in [0.1, 0.15) is 0 Å². The molecule has 2 aromatic rings. The van der Waals surface area contributed by atoms with E-state index in [0.717, 1.165) is 11.4 Å². The van der Waals surface area contributed by atoms with E-state index < -0.39 is 0 Å². The Morgan fingerprint density at radius 2 is 2.00 bits per heavy atom. The van der Waals surface area contributed by atoms with Crippen LogP contribution >= 0.6 is 11.3 Å². The highest BCUT2D eigenvalue weighted by Crippen LogP contribution is 2.24. The number of nitrogens with two attached hydrogens (primary N) is 1. The quantitative estimate of drug-likeness (QED) is 0.910. The van der Waals surface area contributed by atoms with Gasteiger partial charge in [-0.15, -0.1) is 11.3 Å². The molecule has 2 nitrogen and oxygen atoms in total. The molecule has 1 aromatic heterocycles. The molecule has 0 bridgehead atoms. The highest BCUT2D eigenvalue weighted by Gasteiger charge is 2.13. The van der Waals surface area contributed by atoms with E-state index in [1.54, 1.807) is 11.3 Å². The van der Waals surface area contributed by atoms with E-state index in [1.165, 1.54) is 22.4 Å². The van der Waals surface area contributed by atoms with Crippen LogP contribution in [0.5, 0.6) is 0 Å². The molecular formula is C16H22N2S. The van der Waals surface area contributed by atoms with Crippen molar-refractivity contribution in [2.24, 2.45) is 5.73 Å². The van der Waals surface area contributed by atoms with Gasteiger partial charge in [0.05, 0.1) is 10.7 Å². The van der Waals surface area contributed by atoms with Crippen LogP contribution in [0.25, 0.3) is 0 Å². The van der Waals surface area contributed by atoms with Crippen LogP contribution in [0.4, 0.5) is 0 Å². The van der Waals surface area contributed by atoms with E-state index in [-0.39, 0.29) is 6.04 Å². The van der Waals surface area contributed by atoms with Crippen molar-refractivity contribution in [1.82, 2.24) is 4.98 Å². The van der Waals surface area contributed by atoms with Crippen molar-refractivity contribution in [3.63, 3.8) is 0 Å². The van der Waals surface area contributed by atoms with Gasteiger partial charge < -0.3 is 5.73 Å². The molecule has 0 fully saturated rings. The van der Waals surface area contributed by atoms with Crippen LogP contribution in [0.2, 0.25) is 0 Å². The van der Waals surface area contributed by atoms with Gasteiger partial charge in [-0.25, -0.2) is 4.98 Å². The average molecular weight is 274 g/mol. The summed E-state index contributed by atoms with van der Waals surface area (Å²) in [7, 11) is 0. The van der Waals surface area contributed by atoms with Crippen molar-refractivity contribution in [2.45, 2.75) is 46.1 Å². The first kappa shape index (κ1) is 14.2. The monoisotopic (exact) mass is 274 g/mol. The topological polar surface area (TPSA) is 38.9 Å². The van der Waals surface area contributed by atoms with E-state index in [1.807, 2.05) is 0 Å². The number of aromatic nitrogens is 1. The first-order valence-corrected chi connectivity index (χ1v) is 7.62. The number of aryl methyl sites for hydroxylation is 2. The second-order valence-corrected chi connectivity index (χ2v) is 6.43. The number of benzene rings is 1. The van der Waals surface area contributed by atoms with Crippen LogP contribution < -0.4 is 5.73 Å². The van der Waals surface area contributed by atoms with Gasteiger partial charge in [-0.3, -0.25) is 0 Å². The lowest BCUT2D eigenvalue weighted by molar-refractivity contribution is 0.706. The van der Waals surface area contributed by atoms with Crippen LogP contribution in [0.3, 0.4) is 0 Å². The lowest BCUT2D eigenvalue weighted by Crippen LogP contribution is -2.14. The summed E-state index contributed by atoms with van der Waals surface area (Å²) in [5.74, 6) is 0.488. The highest BCUT2D eigenvalue weighted by molar-refractivity contribution is 7.09. The molecule has 102 valence electrons. The van der Waals surface area contributed by atoms with Crippen molar-refractivity contribution < 1.29 is 0 Å². The minimum atomic E-state index is 0.0340. The zero-order valence-corrected chi connectivity index (χ0v) is 12.9. The molecule has 0 aliphatic rings. The minimum absolute atomic E-state index is 0.0340. The van der Waals surface area contributed by atoms with Crippen LogP contribution in [-0.2, 0) is 6.42 Å². The Bertz CT molecular complexity index is 558. The van der Waals surface area contributed by atoms with Crippen molar-refractivity contribution >= 4 is 11.3 Å². The molecule has 0 saturated heterocycles. The van der Waals surface area contributed by atoms with Crippen molar-refractivity contribution in [2.75, 3.05) is 0 Å². The highest BCUT2D eigenvalue weighted by atomic mass is 32.1. The van der Waals surface area contributed by atoms with Gasteiger partial charge in [-0.2, -0.15) is 0 Å². The van der Waals surface area contributed by atoms with Gasteiger partial charge in [-0.05, 0) is 30.9 Å². The maximum atomic E-state index is 6.33. The molecule has 1 aromatic carbocycles.